The molecule has 0 aromatic heterocycles. The van der Waals surface area contributed by atoms with Gasteiger partial charge in [0.15, 0.2) is 0 Å². The molecule has 2 nitrogen and oxygen atoms in total. The SMILES string of the molecule is Cc1cc(C)cc(C(=O)N2CCCC2c2ccccc2)c1. The highest BCUT2D eigenvalue weighted by molar-refractivity contribution is 5.95. The molecule has 1 aliphatic heterocycles. The number of rotatable bonds is 2. The van der Waals surface area contributed by atoms with Crippen LogP contribution in [0.1, 0.15) is 45.9 Å². The lowest BCUT2D eigenvalue weighted by molar-refractivity contribution is 0.0735. The first-order valence-electron chi connectivity index (χ1n) is 7.59. The number of hydrogen-bond acceptors (Lipinski definition) is 1. The van der Waals surface area contributed by atoms with Crippen molar-refractivity contribution in [3.8, 4) is 0 Å². The van der Waals surface area contributed by atoms with Crippen molar-refractivity contribution in [1.82, 2.24) is 4.90 Å². The van der Waals surface area contributed by atoms with Gasteiger partial charge >= 0.3 is 0 Å². The van der Waals surface area contributed by atoms with Gasteiger partial charge in [0.25, 0.3) is 5.91 Å². The molecular formula is C19H21NO. The second-order valence-corrected chi connectivity index (χ2v) is 5.94. The molecule has 1 unspecified atom stereocenters. The van der Waals surface area contributed by atoms with Gasteiger partial charge in [0, 0.05) is 12.1 Å². The fourth-order valence-corrected chi connectivity index (χ4v) is 3.30. The van der Waals surface area contributed by atoms with E-state index in [4.69, 9.17) is 0 Å². The van der Waals surface area contributed by atoms with E-state index in [1.807, 2.05) is 49.1 Å². The number of carbonyl (C=O) groups excluding carboxylic acids is 1. The predicted octanol–water partition coefficient (Wildman–Crippen LogP) is 4.28. The van der Waals surface area contributed by atoms with E-state index in [0.717, 1.165) is 36.1 Å². The lowest BCUT2D eigenvalue weighted by Gasteiger charge is -2.25. The van der Waals surface area contributed by atoms with Crippen molar-refractivity contribution in [1.29, 1.82) is 0 Å². The van der Waals surface area contributed by atoms with Crippen LogP contribution in [0.3, 0.4) is 0 Å². The first-order chi connectivity index (χ1) is 10.1. The van der Waals surface area contributed by atoms with Crippen LogP contribution in [0.15, 0.2) is 48.5 Å². The van der Waals surface area contributed by atoms with Gasteiger partial charge in [-0.2, -0.15) is 0 Å². The van der Waals surface area contributed by atoms with Gasteiger partial charge < -0.3 is 4.90 Å². The Balaban J connectivity index is 1.90. The molecule has 0 bridgehead atoms. The van der Waals surface area contributed by atoms with Crippen LogP contribution in [0.25, 0.3) is 0 Å². The number of amides is 1. The Morgan fingerprint density at radius 2 is 1.71 bits per heavy atom. The second-order valence-electron chi connectivity index (χ2n) is 5.94. The Morgan fingerprint density at radius 3 is 2.38 bits per heavy atom. The van der Waals surface area contributed by atoms with Gasteiger partial charge in [-0.05, 0) is 44.4 Å². The molecule has 21 heavy (non-hydrogen) atoms. The number of hydrogen-bond donors (Lipinski definition) is 0. The molecule has 2 aromatic carbocycles. The summed E-state index contributed by atoms with van der Waals surface area (Å²) in [5.74, 6) is 0.160. The van der Waals surface area contributed by atoms with Crippen molar-refractivity contribution in [3.63, 3.8) is 0 Å². The fraction of sp³-hybridized carbons (Fsp3) is 0.316. The van der Waals surface area contributed by atoms with Crippen LogP contribution >= 0.6 is 0 Å². The molecule has 1 amide bonds. The maximum Gasteiger partial charge on any atom is 0.254 e. The van der Waals surface area contributed by atoms with Gasteiger partial charge in [-0.1, -0.05) is 47.5 Å². The zero-order chi connectivity index (χ0) is 14.8. The highest BCUT2D eigenvalue weighted by Gasteiger charge is 2.30. The molecule has 0 saturated carbocycles. The minimum Gasteiger partial charge on any atom is -0.332 e. The van der Waals surface area contributed by atoms with E-state index in [2.05, 4.69) is 18.2 Å². The fourth-order valence-electron chi connectivity index (χ4n) is 3.30. The Labute approximate surface area is 126 Å². The molecule has 0 aliphatic carbocycles. The lowest BCUT2D eigenvalue weighted by atomic mass is 10.0. The molecule has 1 heterocycles. The van der Waals surface area contributed by atoms with E-state index in [-0.39, 0.29) is 11.9 Å². The highest BCUT2D eigenvalue weighted by Crippen LogP contribution is 2.33. The first kappa shape index (κ1) is 13.9. The Morgan fingerprint density at radius 1 is 1.05 bits per heavy atom. The monoisotopic (exact) mass is 279 g/mol. The number of aryl methyl sites for hydroxylation is 2. The summed E-state index contributed by atoms with van der Waals surface area (Å²) in [5.41, 5.74) is 4.35. The topological polar surface area (TPSA) is 20.3 Å². The summed E-state index contributed by atoms with van der Waals surface area (Å²) in [6.07, 6.45) is 2.14. The van der Waals surface area contributed by atoms with Gasteiger partial charge in [-0.15, -0.1) is 0 Å². The van der Waals surface area contributed by atoms with Crippen molar-refractivity contribution in [2.75, 3.05) is 6.54 Å². The van der Waals surface area contributed by atoms with Gasteiger partial charge in [0.1, 0.15) is 0 Å². The van der Waals surface area contributed by atoms with E-state index >= 15 is 0 Å². The summed E-state index contributed by atoms with van der Waals surface area (Å²) in [6.45, 7) is 4.94. The average molecular weight is 279 g/mol. The maximum absolute atomic E-state index is 12.9. The minimum atomic E-state index is 0.160. The van der Waals surface area contributed by atoms with Gasteiger partial charge in [0.2, 0.25) is 0 Å². The van der Waals surface area contributed by atoms with E-state index in [0.29, 0.717) is 0 Å². The highest BCUT2D eigenvalue weighted by atomic mass is 16.2. The average Bonchev–Trinajstić information content (AvgIpc) is 2.95. The second kappa shape index (κ2) is 5.72. The Bertz CT molecular complexity index is 628. The predicted molar refractivity (Wildman–Crippen MR) is 85.4 cm³/mol. The number of likely N-dealkylation sites (tertiary alicyclic amines) is 1. The van der Waals surface area contributed by atoms with E-state index < -0.39 is 0 Å². The Kier molecular flexibility index (Phi) is 3.78. The third kappa shape index (κ3) is 2.85. The summed E-state index contributed by atoms with van der Waals surface area (Å²) in [5, 5.41) is 0. The molecular weight excluding hydrogens is 258 g/mol. The zero-order valence-corrected chi connectivity index (χ0v) is 12.7. The first-order valence-corrected chi connectivity index (χ1v) is 7.59. The van der Waals surface area contributed by atoms with E-state index in [1.165, 1.54) is 5.56 Å². The van der Waals surface area contributed by atoms with Crippen LogP contribution in [0.5, 0.6) is 0 Å². The van der Waals surface area contributed by atoms with Crippen LogP contribution in [-0.2, 0) is 0 Å². The maximum atomic E-state index is 12.9. The third-order valence-electron chi connectivity index (χ3n) is 4.17. The van der Waals surface area contributed by atoms with Crippen molar-refractivity contribution in [2.24, 2.45) is 0 Å². The minimum absolute atomic E-state index is 0.160. The molecule has 1 fully saturated rings. The smallest absolute Gasteiger partial charge is 0.254 e. The normalized spacial score (nSPS) is 18.0. The van der Waals surface area contributed by atoms with Crippen molar-refractivity contribution >= 4 is 5.91 Å². The standard InChI is InChI=1S/C19H21NO/c1-14-11-15(2)13-17(12-14)19(21)20-10-6-9-18(20)16-7-4-3-5-8-16/h3-5,7-8,11-13,18H,6,9-10H2,1-2H3. The van der Waals surface area contributed by atoms with E-state index in [1.54, 1.807) is 0 Å². The van der Waals surface area contributed by atoms with Crippen LogP contribution < -0.4 is 0 Å². The summed E-state index contributed by atoms with van der Waals surface area (Å²) in [4.78, 5) is 14.9. The molecule has 1 saturated heterocycles. The summed E-state index contributed by atoms with van der Waals surface area (Å²) >= 11 is 0. The van der Waals surface area contributed by atoms with Crippen LogP contribution in [0, 0.1) is 13.8 Å². The molecule has 3 rings (SSSR count). The third-order valence-corrected chi connectivity index (χ3v) is 4.17. The van der Waals surface area contributed by atoms with Crippen LogP contribution in [-0.4, -0.2) is 17.4 Å². The summed E-state index contributed by atoms with van der Waals surface area (Å²) in [6, 6.07) is 16.7. The molecule has 0 spiro atoms. The van der Waals surface area contributed by atoms with Crippen molar-refractivity contribution < 1.29 is 4.79 Å². The number of nitrogens with zero attached hydrogens (tertiary/aromatic N) is 1. The van der Waals surface area contributed by atoms with Crippen molar-refractivity contribution in [3.05, 3.63) is 70.8 Å². The Hall–Kier alpha value is -2.09. The molecule has 2 heteroatoms. The van der Waals surface area contributed by atoms with Gasteiger partial charge in [0.05, 0.1) is 6.04 Å². The lowest BCUT2D eigenvalue weighted by Crippen LogP contribution is -2.30. The molecule has 1 atom stereocenters. The van der Waals surface area contributed by atoms with Gasteiger partial charge in [-0.25, -0.2) is 0 Å². The summed E-state index contributed by atoms with van der Waals surface area (Å²) in [7, 11) is 0. The molecule has 108 valence electrons. The van der Waals surface area contributed by atoms with E-state index in [9.17, 15) is 4.79 Å². The largest absolute Gasteiger partial charge is 0.332 e. The van der Waals surface area contributed by atoms with Gasteiger partial charge in [-0.3, -0.25) is 4.79 Å². The molecule has 2 aromatic rings. The molecule has 0 radical (unpaired) electrons. The van der Waals surface area contributed by atoms with Crippen LogP contribution in [0.4, 0.5) is 0 Å². The number of carbonyl (C=O) groups is 1. The quantitative estimate of drug-likeness (QED) is 0.803. The van der Waals surface area contributed by atoms with Crippen molar-refractivity contribution in [2.45, 2.75) is 32.7 Å². The zero-order valence-electron chi connectivity index (χ0n) is 12.7. The number of benzene rings is 2. The molecule has 1 aliphatic rings. The van der Waals surface area contributed by atoms with Crippen LogP contribution in [0.2, 0.25) is 0 Å². The molecule has 0 N–H and O–H groups in total. The summed E-state index contributed by atoms with van der Waals surface area (Å²) < 4.78 is 0.